The summed E-state index contributed by atoms with van der Waals surface area (Å²) in [5, 5.41) is 9.75. The lowest BCUT2D eigenvalue weighted by atomic mass is 9.89. The fourth-order valence-corrected chi connectivity index (χ4v) is 6.69. The highest BCUT2D eigenvalue weighted by Crippen LogP contribution is 2.40. The SMILES string of the molecule is c1ccc(-c2nc(-c3ccc(-c4c5ccccc5cc5ccc6ccccc6c45)cc3)nc(-c3cccc4ccccc34)n2)cc1. The largest absolute Gasteiger partial charge is 0.208 e. The Hall–Kier alpha value is -6.19. The van der Waals surface area contributed by atoms with Crippen molar-refractivity contribution < 1.29 is 0 Å². The van der Waals surface area contributed by atoms with Gasteiger partial charge in [0.2, 0.25) is 0 Å². The van der Waals surface area contributed by atoms with Crippen LogP contribution < -0.4 is 0 Å². The highest BCUT2D eigenvalue weighted by atomic mass is 15.0. The third-order valence-corrected chi connectivity index (χ3v) is 8.88. The van der Waals surface area contributed by atoms with Crippen LogP contribution in [0.25, 0.3) is 88.4 Å². The summed E-state index contributed by atoms with van der Waals surface area (Å²) < 4.78 is 0. The quantitative estimate of drug-likeness (QED) is 0.152. The molecule has 8 aromatic carbocycles. The van der Waals surface area contributed by atoms with Crippen molar-refractivity contribution in [3.8, 4) is 45.3 Å². The molecule has 0 bridgehead atoms. The van der Waals surface area contributed by atoms with Crippen LogP contribution >= 0.6 is 0 Å². The molecule has 0 N–H and O–H groups in total. The van der Waals surface area contributed by atoms with Gasteiger partial charge in [0.1, 0.15) is 0 Å². The van der Waals surface area contributed by atoms with Crippen LogP contribution in [-0.2, 0) is 0 Å². The van der Waals surface area contributed by atoms with Crippen molar-refractivity contribution in [3.05, 3.63) is 164 Å². The van der Waals surface area contributed by atoms with Crippen LogP contribution in [0, 0.1) is 0 Å². The molecular weight excluding hydrogens is 558 g/mol. The molecule has 214 valence electrons. The number of rotatable bonds is 4. The van der Waals surface area contributed by atoms with E-state index in [1.54, 1.807) is 0 Å². The monoisotopic (exact) mass is 585 g/mol. The van der Waals surface area contributed by atoms with Crippen LogP contribution in [0.15, 0.2) is 164 Å². The second-order valence-corrected chi connectivity index (χ2v) is 11.6. The van der Waals surface area contributed by atoms with E-state index in [9.17, 15) is 0 Å². The third-order valence-electron chi connectivity index (χ3n) is 8.88. The summed E-state index contributed by atoms with van der Waals surface area (Å²) in [5.41, 5.74) is 5.30. The number of aromatic nitrogens is 3. The Balaban J connectivity index is 1.24. The fourth-order valence-electron chi connectivity index (χ4n) is 6.69. The van der Waals surface area contributed by atoms with E-state index < -0.39 is 0 Å². The van der Waals surface area contributed by atoms with Crippen molar-refractivity contribution in [2.24, 2.45) is 0 Å². The minimum atomic E-state index is 0.650. The third kappa shape index (κ3) is 4.41. The maximum Gasteiger partial charge on any atom is 0.164 e. The van der Waals surface area contributed by atoms with E-state index >= 15 is 0 Å². The Morgan fingerprint density at radius 3 is 1.59 bits per heavy atom. The normalized spacial score (nSPS) is 11.5. The zero-order valence-electron chi connectivity index (χ0n) is 24.9. The van der Waals surface area contributed by atoms with Gasteiger partial charge in [-0.2, -0.15) is 0 Å². The minimum absolute atomic E-state index is 0.650. The molecule has 0 aliphatic carbocycles. The van der Waals surface area contributed by atoms with Crippen molar-refractivity contribution in [2.75, 3.05) is 0 Å². The standard InChI is InChI=1S/C43H27N3/c1-2-13-31(14-3-1)41-44-42(46-43(45-41)38-20-10-16-28-11-4-7-17-35(28)38)32-24-22-30(23-25-32)39-37-19-9-6-15-33(37)27-34-26-21-29-12-5-8-18-36(29)40(34)39/h1-27H. The molecule has 9 aromatic rings. The minimum Gasteiger partial charge on any atom is -0.208 e. The van der Waals surface area contributed by atoms with Gasteiger partial charge < -0.3 is 0 Å². The van der Waals surface area contributed by atoms with Crippen molar-refractivity contribution in [1.82, 2.24) is 15.0 Å². The molecule has 0 radical (unpaired) electrons. The molecule has 0 fully saturated rings. The maximum absolute atomic E-state index is 5.07. The summed E-state index contributed by atoms with van der Waals surface area (Å²) in [4.78, 5) is 15.1. The molecule has 9 rings (SSSR count). The number of hydrogen-bond donors (Lipinski definition) is 0. The van der Waals surface area contributed by atoms with Crippen LogP contribution in [0.3, 0.4) is 0 Å². The first-order valence-corrected chi connectivity index (χ1v) is 15.5. The molecule has 0 spiro atoms. The van der Waals surface area contributed by atoms with Crippen LogP contribution in [-0.4, -0.2) is 15.0 Å². The van der Waals surface area contributed by atoms with E-state index in [-0.39, 0.29) is 0 Å². The molecule has 3 nitrogen and oxygen atoms in total. The molecule has 46 heavy (non-hydrogen) atoms. The smallest absolute Gasteiger partial charge is 0.164 e. The molecule has 1 heterocycles. The lowest BCUT2D eigenvalue weighted by molar-refractivity contribution is 1.08. The van der Waals surface area contributed by atoms with Gasteiger partial charge in [0.25, 0.3) is 0 Å². The van der Waals surface area contributed by atoms with Gasteiger partial charge >= 0.3 is 0 Å². The van der Waals surface area contributed by atoms with Gasteiger partial charge in [-0.05, 0) is 60.3 Å². The second-order valence-electron chi connectivity index (χ2n) is 11.6. The molecular formula is C43H27N3. The number of fused-ring (bicyclic) bond motifs is 5. The second kappa shape index (κ2) is 10.8. The Kier molecular flexibility index (Phi) is 6.14. The Bertz CT molecular complexity index is 2570. The average Bonchev–Trinajstić information content (AvgIpc) is 3.14. The lowest BCUT2D eigenvalue weighted by Crippen LogP contribution is -2.00. The van der Waals surface area contributed by atoms with E-state index in [1.165, 1.54) is 37.9 Å². The highest BCUT2D eigenvalue weighted by Gasteiger charge is 2.16. The molecule has 0 saturated carbocycles. The molecule has 0 amide bonds. The Labute approximate surface area is 266 Å². The fraction of sp³-hybridized carbons (Fsp3) is 0. The lowest BCUT2D eigenvalue weighted by Gasteiger charge is -2.15. The zero-order valence-corrected chi connectivity index (χ0v) is 24.9. The summed E-state index contributed by atoms with van der Waals surface area (Å²) in [6.45, 7) is 0. The number of nitrogens with zero attached hydrogens (tertiary/aromatic N) is 3. The van der Waals surface area contributed by atoms with E-state index in [2.05, 4.69) is 133 Å². The number of hydrogen-bond acceptors (Lipinski definition) is 3. The van der Waals surface area contributed by atoms with E-state index in [0.717, 1.165) is 33.0 Å². The summed E-state index contributed by atoms with van der Waals surface area (Å²) in [7, 11) is 0. The summed E-state index contributed by atoms with van der Waals surface area (Å²) in [6, 6.07) is 57.6. The first-order valence-electron chi connectivity index (χ1n) is 15.5. The first kappa shape index (κ1) is 26.2. The van der Waals surface area contributed by atoms with Crippen molar-refractivity contribution >= 4 is 43.1 Å². The van der Waals surface area contributed by atoms with Gasteiger partial charge in [0.05, 0.1) is 0 Å². The van der Waals surface area contributed by atoms with Crippen molar-refractivity contribution in [2.45, 2.75) is 0 Å². The zero-order chi connectivity index (χ0) is 30.5. The predicted octanol–water partition coefficient (Wildman–Crippen LogP) is 11.2. The molecule has 0 aliphatic heterocycles. The summed E-state index contributed by atoms with van der Waals surface area (Å²) in [6.07, 6.45) is 0. The highest BCUT2D eigenvalue weighted by molar-refractivity contribution is 6.21. The topological polar surface area (TPSA) is 38.7 Å². The van der Waals surface area contributed by atoms with E-state index in [4.69, 9.17) is 15.0 Å². The van der Waals surface area contributed by atoms with Gasteiger partial charge in [-0.1, -0.05) is 158 Å². The molecule has 1 aromatic heterocycles. The van der Waals surface area contributed by atoms with Gasteiger partial charge in [-0.15, -0.1) is 0 Å². The van der Waals surface area contributed by atoms with Crippen LogP contribution in [0.4, 0.5) is 0 Å². The Morgan fingerprint density at radius 2 is 0.826 bits per heavy atom. The van der Waals surface area contributed by atoms with E-state index in [0.29, 0.717) is 17.5 Å². The molecule has 0 unspecified atom stereocenters. The van der Waals surface area contributed by atoms with Gasteiger partial charge in [-0.3, -0.25) is 0 Å². The van der Waals surface area contributed by atoms with Crippen molar-refractivity contribution in [1.29, 1.82) is 0 Å². The molecule has 0 atom stereocenters. The van der Waals surface area contributed by atoms with Crippen molar-refractivity contribution in [3.63, 3.8) is 0 Å². The van der Waals surface area contributed by atoms with Gasteiger partial charge in [0, 0.05) is 16.7 Å². The van der Waals surface area contributed by atoms with E-state index in [1.807, 2.05) is 30.3 Å². The van der Waals surface area contributed by atoms with Gasteiger partial charge in [0.15, 0.2) is 17.5 Å². The predicted molar refractivity (Wildman–Crippen MR) is 192 cm³/mol. The molecule has 3 heteroatoms. The first-order chi connectivity index (χ1) is 22.8. The molecule has 0 saturated heterocycles. The molecule has 0 aliphatic rings. The maximum atomic E-state index is 5.07. The average molecular weight is 586 g/mol. The number of benzene rings is 8. The summed E-state index contributed by atoms with van der Waals surface area (Å²) in [5.74, 6) is 1.97. The van der Waals surface area contributed by atoms with Crippen LogP contribution in [0.1, 0.15) is 0 Å². The van der Waals surface area contributed by atoms with Crippen LogP contribution in [0.5, 0.6) is 0 Å². The Morgan fingerprint density at radius 1 is 0.304 bits per heavy atom. The van der Waals surface area contributed by atoms with Gasteiger partial charge in [-0.25, -0.2) is 15.0 Å². The van der Waals surface area contributed by atoms with Crippen LogP contribution in [0.2, 0.25) is 0 Å². The summed E-state index contributed by atoms with van der Waals surface area (Å²) >= 11 is 0.